The normalized spacial score (nSPS) is 35.4. The SMILES string of the molecule is C=C1/C=C\C(CN(C)C23CCC(CCC(=O)O)(CC2)CC3)=C/C/C=C\C(O[C@H]2CC[C@@H](C(F)(F)F)CC2)=C/1C(F)(F)F. The first kappa shape index (κ1) is 32.4. The minimum atomic E-state index is -4.76. The van der Waals surface area contributed by atoms with Crippen molar-refractivity contribution >= 4 is 5.97 Å². The second-order valence-electron chi connectivity index (χ2n) is 12.6. The van der Waals surface area contributed by atoms with Crippen LogP contribution in [-0.2, 0) is 9.53 Å². The molecule has 0 heterocycles. The summed E-state index contributed by atoms with van der Waals surface area (Å²) in [5.74, 6) is -2.62. The molecule has 0 atom stereocenters. The van der Waals surface area contributed by atoms with Crippen LogP contribution in [0.4, 0.5) is 26.3 Å². The third-order valence-corrected chi connectivity index (χ3v) is 10.0. The number of ether oxygens (including phenoxy) is 1. The van der Waals surface area contributed by atoms with E-state index in [-0.39, 0.29) is 48.6 Å². The zero-order chi connectivity index (χ0) is 30.8. The quantitative estimate of drug-likeness (QED) is 0.283. The van der Waals surface area contributed by atoms with Gasteiger partial charge < -0.3 is 9.84 Å². The number of carboxylic acid groups (broad SMARTS) is 1. The molecule has 0 radical (unpaired) electrons. The van der Waals surface area contributed by atoms with E-state index in [2.05, 4.69) is 11.5 Å². The number of carboxylic acids is 1. The van der Waals surface area contributed by atoms with E-state index >= 15 is 0 Å². The molecule has 5 aliphatic rings. The van der Waals surface area contributed by atoms with Gasteiger partial charge in [0, 0.05) is 18.5 Å². The minimum absolute atomic E-state index is 0.00895. The van der Waals surface area contributed by atoms with Gasteiger partial charge in [-0.3, -0.25) is 9.69 Å². The lowest BCUT2D eigenvalue weighted by atomic mass is 9.55. The number of rotatable bonds is 8. The fraction of sp³-hybridized carbons (Fsp3) is 0.656. The second-order valence-corrected chi connectivity index (χ2v) is 12.6. The topological polar surface area (TPSA) is 49.8 Å². The summed E-state index contributed by atoms with van der Waals surface area (Å²) in [7, 11) is 2.05. The molecule has 5 aliphatic carbocycles. The van der Waals surface area contributed by atoms with E-state index in [0.29, 0.717) is 19.4 Å². The Bertz CT molecular complexity index is 1110. The maximum atomic E-state index is 14.3. The predicted octanol–water partition coefficient (Wildman–Crippen LogP) is 8.83. The van der Waals surface area contributed by atoms with Crippen LogP contribution in [-0.4, -0.2) is 53.6 Å². The Balaban J connectivity index is 1.44. The number of aliphatic carboxylic acids is 1. The van der Waals surface area contributed by atoms with Gasteiger partial charge in [-0.25, -0.2) is 0 Å². The highest BCUT2D eigenvalue weighted by molar-refractivity contribution is 5.66. The molecule has 4 saturated carbocycles. The number of hydrogen-bond donors (Lipinski definition) is 1. The average molecular weight is 602 g/mol. The Hall–Kier alpha value is -2.49. The summed E-state index contributed by atoms with van der Waals surface area (Å²) >= 11 is 0. The van der Waals surface area contributed by atoms with Crippen LogP contribution in [0.2, 0.25) is 0 Å². The molecule has 4 nitrogen and oxygen atoms in total. The molecule has 0 unspecified atom stereocenters. The van der Waals surface area contributed by atoms with Crippen LogP contribution in [0.15, 0.2) is 59.4 Å². The predicted molar refractivity (Wildman–Crippen MR) is 148 cm³/mol. The van der Waals surface area contributed by atoms with Gasteiger partial charge in [0.15, 0.2) is 0 Å². The minimum Gasteiger partial charge on any atom is -0.490 e. The third kappa shape index (κ3) is 7.71. The molecule has 2 bridgehead atoms. The van der Waals surface area contributed by atoms with Gasteiger partial charge in [-0.2, -0.15) is 26.3 Å². The van der Waals surface area contributed by atoms with Crippen molar-refractivity contribution in [3.05, 3.63) is 59.4 Å². The lowest BCUT2D eigenvalue weighted by molar-refractivity contribution is -0.186. The van der Waals surface area contributed by atoms with Gasteiger partial charge in [0.2, 0.25) is 0 Å². The summed E-state index contributed by atoms with van der Waals surface area (Å²) in [4.78, 5) is 13.4. The maximum absolute atomic E-state index is 14.3. The number of nitrogens with zero attached hydrogens (tertiary/aromatic N) is 1. The zero-order valence-corrected chi connectivity index (χ0v) is 24.1. The first-order chi connectivity index (χ1) is 19.6. The van der Waals surface area contributed by atoms with E-state index < -0.39 is 41.7 Å². The van der Waals surface area contributed by atoms with E-state index in [4.69, 9.17) is 9.84 Å². The molecular weight excluding hydrogens is 560 g/mol. The van der Waals surface area contributed by atoms with Crippen LogP contribution in [0.5, 0.6) is 0 Å². The van der Waals surface area contributed by atoms with Crippen molar-refractivity contribution in [2.75, 3.05) is 13.6 Å². The lowest BCUT2D eigenvalue weighted by Gasteiger charge is -2.57. The molecule has 1 N–H and O–H groups in total. The largest absolute Gasteiger partial charge is 0.490 e. The Morgan fingerprint density at radius 1 is 1.00 bits per heavy atom. The van der Waals surface area contributed by atoms with Crippen molar-refractivity contribution < 1.29 is 41.0 Å². The Labute approximate surface area is 243 Å². The van der Waals surface area contributed by atoms with Crippen LogP contribution in [0.3, 0.4) is 0 Å². The highest BCUT2D eigenvalue weighted by Gasteiger charge is 2.50. The van der Waals surface area contributed by atoms with Gasteiger partial charge in [-0.1, -0.05) is 30.9 Å². The van der Waals surface area contributed by atoms with Crippen molar-refractivity contribution in [2.24, 2.45) is 11.3 Å². The number of fused-ring (bicyclic) bond motifs is 3. The molecule has 234 valence electrons. The summed E-state index contributed by atoms with van der Waals surface area (Å²) in [6, 6.07) is 0. The van der Waals surface area contributed by atoms with Gasteiger partial charge in [-0.15, -0.1) is 0 Å². The van der Waals surface area contributed by atoms with Crippen LogP contribution in [0.1, 0.15) is 83.5 Å². The van der Waals surface area contributed by atoms with Crippen molar-refractivity contribution in [3.63, 3.8) is 0 Å². The van der Waals surface area contributed by atoms with Crippen LogP contribution in [0, 0.1) is 11.3 Å². The Kier molecular flexibility index (Phi) is 9.75. The Morgan fingerprint density at radius 3 is 2.17 bits per heavy atom. The molecule has 10 heteroatoms. The molecule has 42 heavy (non-hydrogen) atoms. The van der Waals surface area contributed by atoms with Crippen LogP contribution >= 0.6 is 0 Å². The fourth-order valence-electron chi connectivity index (χ4n) is 7.22. The molecule has 0 aromatic rings. The van der Waals surface area contributed by atoms with Crippen LogP contribution < -0.4 is 0 Å². The number of hydrogen-bond acceptors (Lipinski definition) is 3. The van der Waals surface area contributed by atoms with Gasteiger partial charge in [0.05, 0.1) is 12.0 Å². The molecule has 0 spiro atoms. The molecule has 0 aromatic heterocycles. The average Bonchev–Trinajstić information content (AvgIpc) is 2.92. The summed E-state index contributed by atoms with van der Waals surface area (Å²) in [5.41, 5.74) is -0.319. The number of allylic oxidation sites excluding steroid dienone is 6. The smallest absolute Gasteiger partial charge is 0.420 e. The van der Waals surface area contributed by atoms with Gasteiger partial charge >= 0.3 is 18.3 Å². The molecular formula is C32H41F6NO3. The van der Waals surface area contributed by atoms with Crippen molar-refractivity contribution in [1.29, 1.82) is 0 Å². The van der Waals surface area contributed by atoms with E-state index in [1.807, 2.05) is 13.1 Å². The summed E-state index contributed by atoms with van der Waals surface area (Å²) in [6.45, 7) is 4.24. The highest BCUT2D eigenvalue weighted by Crippen LogP contribution is 2.56. The van der Waals surface area contributed by atoms with Gasteiger partial charge in [0.25, 0.3) is 0 Å². The molecule has 5 rings (SSSR count). The summed E-state index contributed by atoms with van der Waals surface area (Å²) < 4.78 is 87.7. The molecule has 0 aromatic carbocycles. The monoisotopic (exact) mass is 601 g/mol. The Morgan fingerprint density at radius 2 is 1.62 bits per heavy atom. The zero-order valence-electron chi connectivity index (χ0n) is 24.1. The number of halogens is 6. The van der Waals surface area contributed by atoms with Crippen molar-refractivity contribution in [1.82, 2.24) is 4.90 Å². The van der Waals surface area contributed by atoms with E-state index in [0.717, 1.165) is 44.1 Å². The number of alkyl halides is 6. The number of likely N-dealkylation sites (N-methyl/N-ethyl adjacent to an activating group) is 1. The van der Waals surface area contributed by atoms with Crippen LogP contribution in [0.25, 0.3) is 0 Å². The standard InChI is InChI=1S/C32H41F6NO3/c1-22-7-8-23(21-39(2)30-18-15-29(16-19-30,17-20-30)14-13-27(40)41)5-3-4-6-26(28(22)32(36,37)38)42-25-11-9-24(10-12-25)31(33,34)35/h4-8,24-25H,1,3,9-21H2,2H3,(H,40,41)/b6-4-,8-7-,23-5+,28-26-/t24-,25+,29?,30?. The fourth-order valence-corrected chi connectivity index (χ4v) is 7.22. The van der Waals surface area contributed by atoms with E-state index in [9.17, 15) is 31.1 Å². The molecule has 0 saturated heterocycles. The van der Waals surface area contributed by atoms with E-state index in [1.54, 1.807) is 12.2 Å². The third-order valence-electron chi connectivity index (χ3n) is 10.0. The van der Waals surface area contributed by atoms with E-state index in [1.165, 1.54) is 12.2 Å². The first-order valence-corrected chi connectivity index (χ1v) is 14.8. The van der Waals surface area contributed by atoms with Crippen molar-refractivity contribution in [3.8, 4) is 0 Å². The molecule has 0 aliphatic heterocycles. The summed E-state index contributed by atoms with van der Waals surface area (Å²) in [6.07, 6.45) is 4.90. The number of carbonyl (C=O) groups is 1. The molecule has 4 fully saturated rings. The highest BCUT2D eigenvalue weighted by atomic mass is 19.4. The van der Waals surface area contributed by atoms with Gasteiger partial charge in [0.1, 0.15) is 11.3 Å². The molecule has 0 amide bonds. The maximum Gasteiger partial charge on any atom is 0.420 e. The first-order valence-electron chi connectivity index (χ1n) is 14.8. The van der Waals surface area contributed by atoms with Crippen molar-refractivity contribution in [2.45, 2.75) is 107 Å². The summed E-state index contributed by atoms with van der Waals surface area (Å²) in [5, 5.41) is 9.13. The van der Waals surface area contributed by atoms with Gasteiger partial charge in [-0.05, 0) is 107 Å². The second kappa shape index (κ2) is 12.6. The lowest BCUT2D eigenvalue weighted by Crippen LogP contribution is -2.55.